The summed E-state index contributed by atoms with van der Waals surface area (Å²) in [5, 5.41) is 1.53. The van der Waals surface area contributed by atoms with E-state index < -0.39 is 0 Å². The average Bonchev–Trinajstić information content (AvgIpc) is 2.79. The number of piperidine rings is 1. The van der Waals surface area contributed by atoms with Crippen molar-refractivity contribution in [1.82, 2.24) is 9.80 Å². The van der Waals surface area contributed by atoms with Gasteiger partial charge in [0.05, 0.1) is 24.3 Å². The predicted octanol–water partition coefficient (Wildman–Crippen LogP) is 3.82. The highest BCUT2D eigenvalue weighted by Crippen LogP contribution is 2.59. The number of amides is 1. The highest BCUT2D eigenvalue weighted by Gasteiger charge is 2.68. The number of hydrogen-bond donors (Lipinski definition) is 0. The molecule has 8 fully saturated rings. The number of rotatable bonds is 0. The summed E-state index contributed by atoms with van der Waals surface area (Å²) >= 11 is 2.32. The van der Waals surface area contributed by atoms with Gasteiger partial charge in [-0.25, -0.2) is 0 Å². The topological polar surface area (TPSA) is 32.8 Å². The highest BCUT2D eigenvalue weighted by atomic mass is 32.2. The summed E-state index contributed by atoms with van der Waals surface area (Å²) in [4.78, 5) is 19.7. The van der Waals surface area contributed by atoms with Crippen LogP contribution in [0.4, 0.5) is 0 Å². The first-order valence-electron chi connectivity index (χ1n) is 13.2. The van der Waals surface area contributed by atoms with Crippen LogP contribution < -0.4 is 0 Å². The Labute approximate surface area is 184 Å². The molecule has 0 bridgehead atoms. The number of hydrogen-bond acceptors (Lipinski definition) is 4. The second-order valence-electron chi connectivity index (χ2n) is 11.8. The van der Waals surface area contributed by atoms with Crippen LogP contribution in [0.15, 0.2) is 0 Å². The number of carbonyl (C=O) groups excluding carboxylic acids is 1. The van der Waals surface area contributed by atoms with Gasteiger partial charge in [-0.05, 0) is 69.6 Å². The van der Waals surface area contributed by atoms with E-state index >= 15 is 0 Å². The van der Waals surface area contributed by atoms with Gasteiger partial charge in [0.25, 0.3) is 0 Å². The van der Waals surface area contributed by atoms with Crippen LogP contribution in [-0.2, 0) is 9.53 Å². The Balaban J connectivity index is 1.29. The van der Waals surface area contributed by atoms with Gasteiger partial charge in [-0.2, -0.15) is 11.8 Å². The van der Waals surface area contributed by atoms with Crippen LogP contribution in [0.3, 0.4) is 0 Å². The average molecular weight is 429 g/mol. The van der Waals surface area contributed by atoms with E-state index in [0.717, 1.165) is 16.4 Å². The molecular weight excluding hydrogens is 392 g/mol. The third-order valence-corrected chi connectivity index (χ3v) is 12.5. The lowest BCUT2D eigenvalue weighted by Crippen LogP contribution is -2.85. The second kappa shape index (κ2) is 6.41. The summed E-state index contributed by atoms with van der Waals surface area (Å²) < 4.78 is 6.95. The van der Waals surface area contributed by atoms with Crippen LogP contribution >= 0.6 is 11.8 Å². The summed E-state index contributed by atoms with van der Waals surface area (Å²) in [6.07, 6.45) is 16.5. The standard InChI is InChI=1S/C25H36N2O2S/c28-25-15-6-2-1-5-13(15)14-11-12-18-24-21(14)26(25)16-7-3-9-19-22(16)27(24)23-17(29-18)8-4-10-20(23)30-19/h13-24H,1-12H2. The summed E-state index contributed by atoms with van der Waals surface area (Å²) in [6.45, 7) is 0. The first kappa shape index (κ1) is 18.2. The zero-order chi connectivity index (χ0) is 19.6. The van der Waals surface area contributed by atoms with E-state index in [-0.39, 0.29) is 0 Å². The Morgan fingerprint density at radius 3 is 2.43 bits per heavy atom. The molecule has 0 aromatic heterocycles. The minimum atomic E-state index is 0.347. The molecule has 164 valence electrons. The van der Waals surface area contributed by atoms with Crippen molar-refractivity contribution in [3.63, 3.8) is 0 Å². The van der Waals surface area contributed by atoms with Gasteiger partial charge in [-0.3, -0.25) is 9.69 Å². The molecule has 0 spiro atoms. The smallest absolute Gasteiger partial charge is 0.226 e. The van der Waals surface area contributed by atoms with E-state index in [1.807, 2.05) is 0 Å². The molecule has 8 aliphatic rings. The molecule has 4 nitrogen and oxygen atoms in total. The molecule has 4 aliphatic heterocycles. The zero-order valence-electron chi connectivity index (χ0n) is 18.0. The van der Waals surface area contributed by atoms with Gasteiger partial charge in [0.1, 0.15) is 0 Å². The van der Waals surface area contributed by atoms with Crippen molar-refractivity contribution in [2.75, 3.05) is 0 Å². The van der Waals surface area contributed by atoms with Gasteiger partial charge in [-0.15, -0.1) is 0 Å². The molecular formula is C25H36N2O2S. The molecule has 0 radical (unpaired) electrons. The lowest BCUT2D eigenvalue weighted by Gasteiger charge is -2.73. The molecule has 5 heteroatoms. The van der Waals surface area contributed by atoms with Crippen molar-refractivity contribution >= 4 is 17.7 Å². The van der Waals surface area contributed by atoms with Crippen molar-refractivity contribution in [1.29, 1.82) is 0 Å². The fourth-order valence-electron chi connectivity index (χ4n) is 10.0. The van der Waals surface area contributed by atoms with Crippen molar-refractivity contribution in [3.8, 4) is 0 Å². The fourth-order valence-corrected chi connectivity index (χ4v) is 12.0. The maximum absolute atomic E-state index is 14.1. The third-order valence-electron chi connectivity index (χ3n) is 10.8. The highest BCUT2D eigenvalue weighted by molar-refractivity contribution is 8.00. The van der Waals surface area contributed by atoms with Crippen LogP contribution in [0, 0.1) is 17.8 Å². The third kappa shape index (κ3) is 2.16. The number of piperazine rings is 1. The SMILES string of the molecule is O=C1C2CCCCC2C2CCC3OC4CCCC5SC6CCCC7C6N(C45)C3C2N17. The molecule has 0 N–H and O–H groups in total. The van der Waals surface area contributed by atoms with E-state index in [1.165, 1.54) is 77.0 Å². The van der Waals surface area contributed by atoms with Gasteiger partial charge in [0.2, 0.25) is 5.91 Å². The van der Waals surface area contributed by atoms with Crippen LogP contribution in [0.25, 0.3) is 0 Å². The molecule has 4 heterocycles. The van der Waals surface area contributed by atoms with E-state index in [9.17, 15) is 4.79 Å². The maximum atomic E-state index is 14.1. The molecule has 1 amide bonds. The monoisotopic (exact) mass is 428 g/mol. The summed E-state index contributed by atoms with van der Waals surface area (Å²) in [6, 6.07) is 2.70. The lowest BCUT2D eigenvalue weighted by atomic mass is 9.58. The Kier molecular flexibility index (Phi) is 3.89. The molecule has 12 unspecified atom stereocenters. The number of thioether (sulfide) groups is 1. The molecule has 0 aromatic carbocycles. The van der Waals surface area contributed by atoms with Gasteiger partial charge < -0.3 is 9.64 Å². The van der Waals surface area contributed by atoms with Crippen LogP contribution in [0.1, 0.15) is 77.0 Å². The molecule has 12 atom stereocenters. The quantitative estimate of drug-likeness (QED) is 0.587. The molecule has 4 aliphatic carbocycles. The molecule has 4 saturated carbocycles. The van der Waals surface area contributed by atoms with Crippen LogP contribution in [0.2, 0.25) is 0 Å². The van der Waals surface area contributed by atoms with E-state index in [4.69, 9.17) is 4.74 Å². The van der Waals surface area contributed by atoms with E-state index in [0.29, 0.717) is 60.2 Å². The van der Waals surface area contributed by atoms with Crippen molar-refractivity contribution in [3.05, 3.63) is 0 Å². The maximum Gasteiger partial charge on any atom is 0.226 e. The number of morpholine rings is 1. The number of fused-ring (bicyclic) bond motifs is 3. The first-order valence-corrected chi connectivity index (χ1v) is 14.2. The van der Waals surface area contributed by atoms with Crippen molar-refractivity contribution in [2.45, 2.75) is 130 Å². The fraction of sp³-hybridized carbons (Fsp3) is 0.960. The number of carbonyl (C=O) groups is 1. The minimum absolute atomic E-state index is 0.347. The summed E-state index contributed by atoms with van der Waals surface area (Å²) in [5.41, 5.74) is 0. The number of ether oxygens (including phenoxy) is 1. The van der Waals surface area contributed by atoms with E-state index in [1.54, 1.807) is 0 Å². The molecule has 0 aromatic rings. The van der Waals surface area contributed by atoms with Gasteiger partial charge in [-0.1, -0.05) is 19.3 Å². The predicted molar refractivity (Wildman–Crippen MR) is 117 cm³/mol. The molecule has 30 heavy (non-hydrogen) atoms. The van der Waals surface area contributed by atoms with Gasteiger partial charge >= 0.3 is 0 Å². The minimum Gasteiger partial charge on any atom is -0.372 e. The van der Waals surface area contributed by atoms with Crippen LogP contribution in [0.5, 0.6) is 0 Å². The number of nitrogens with zero attached hydrogens (tertiary/aromatic N) is 2. The molecule has 4 saturated heterocycles. The summed E-state index contributed by atoms with van der Waals surface area (Å²) in [5.74, 6) is 2.33. The summed E-state index contributed by atoms with van der Waals surface area (Å²) in [7, 11) is 0. The zero-order valence-corrected chi connectivity index (χ0v) is 18.8. The van der Waals surface area contributed by atoms with Crippen molar-refractivity contribution in [2.24, 2.45) is 17.8 Å². The Morgan fingerprint density at radius 1 is 0.700 bits per heavy atom. The first-order chi connectivity index (χ1) is 14.8. The van der Waals surface area contributed by atoms with Crippen LogP contribution in [-0.4, -0.2) is 68.6 Å². The Morgan fingerprint density at radius 2 is 1.50 bits per heavy atom. The lowest BCUT2D eigenvalue weighted by molar-refractivity contribution is -0.258. The van der Waals surface area contributed by atoms with Gasteiger partial charge in [0.15, 0.2) is 0 Å². The van der Waals surface area contributed by atoms with Gasteiger partial charge in [0, 0.05) is 34.5 Å². The Bertz CT molecular complexity index is 755. The Hall–Kier alpha value is -0.260. The van der Waals surface area contributed by atoms with E-state index in [2.05, 4.69) is 21.6 Å². The normalized spacial score (nSPS) is 58.7. The second-order valence-corrected chi connectivity index (χ2v) is 13.3. The largest absolute Gasteiger partial charge is 0.372 e. The van der Waals surface area contributed by atoms with Crippen molar-refractivity contribution < 1.29 is 9.53 Å². The molecule has 8 rings (SSSR count).